The second-order valence-electron chi connectivity index (χ2n) is 9.79. The van der Waals surface area contributed by atoms with Crippen molar-refractivity contribution in [2.75, 3.05) is 10.6 Å². The fraction of sp³-hybridized carbons (Fsp3) is 0.0588. The van der Waals surface area contributed by atoms with Crippen LogP contribution in [-0.2, 0) is 9.59 Å². The number of amides is 3. The molecule has 4 aromatic carbocycles. The molecule has 5 rings (SSSR count). The highest BCUT2D eigenvalue weighted by atomic mass is 35.5. The summed E-state index contributed by atoms with van der Waals surface area (Å²) >= 11 is 21.3. The van der Waals surface area contributed by atoms with Gasteiger partial charge in [0.2, 0.25) is 5.91 Å². The molecule has 1 aromatic heterocycles. The predicted molar refractivity (Wildman–Crippen MR) is 190 cm³/mol. The average Bonchev–Trinajstić information content (AvgIpc) is 3.51. The number of aromatic nitrogens is 1. The lowest BCUT2D eigenvalue weighted by atomic mass is 10.1. The van der Waals surface area contributed by atoms with Crippen LogP contribution < -0.4 is 16.0 Å². The first kappa shape index (κ1) is 33.2. The summed E-state index contributed by atoms with van der Waals surface area (Å²) in [5.74, 6) is -1.29. The van der Waals surface area contributed by atoms with Gasteiger partial charge in [-0.05, 0) is 67.6 Å². The summed E-state index contributed by atoms with van der Waals surface area (Å²) in [7, 11) is 0. The third-order valence-electron chi connectivity index (χ3n) is 6.47. The smallest absolute Gasteiger partial charge is 0.272 e. The van der Waals surface area contributed by atoms with Crippen molar-refractivity contribution in [2.24, 2.45) is 0 Å². The van der Waals surface area contributed by atoms with Crippen LogP contribution in [0.1, 0.15) is 22.8 Å². The minimum atomic E-state index is -0.589. The summed E-state index contributed by atoms with van der Waals surface area (Å²) in [5.41, 5.74) is 2.79. The molecule has 12 heteroatoms. The molecule has 0 saturated carbocycles. The van der Waals surface area contributed by atoms with Gasteiger partial charge in [0.15, 0.2) is 5.13 Å². The number of anilines is 2. The molecule has 3 N–H and O–H groups in total. The lowest BCUT2D eigenvalue weighted by Gasteiger charge is -2.14. The first-order valence-electron chi connectivity index (χ1n) is 13.8. The van der Waals surface area contributed by atoms with E-state index in [0.717, 1.165) is 16.2 Å². The van der Waals surface area contributed by atoms with Gasteiger partial charge in [-0.2, -0.15) is 0 Å². The van der Waals surface area contributed by atoms with Crippen LogP contribution in [0.15, 0.2) is 113 Å². The molecule has 0 saturated heterocycles. The summed E-state index contributed by atoms with van der Waals surface area (Å²) in [5, 5.41) is 11.5. The Balaban J connectivity index is 1.27. The first-order chi connectivity index (χ1) is 22.2. The van der Waals surface area contributed by atoms with Gasteiger partial charge in [-0.3, -0.25) is 14.4 Å². The van der Waals surface area contributed by atoms with Gasteiger partial charge in [-0.1, -0.05) is 77.3 Å². The van der Waals surface area contributed by atoms with Crippen LogP contribution in [0.4, 0.5) is 10.8 Å². The van der Waals surface area contributed by atoms with Crippen LogP contribution in [0.5, 0.6) is 0 Å². The maximum Gasteiger partial charge on any atom is 0.272 e. The Morgan fingerprint density at radius 3 is 2.26 bits per heavy atom. The molecule has 7 nitrogen and oxygen atoms in total. The Kier molecular flexibility index (Phi) is 11.2. The van der Waals surface area contributed by atoms with E-state index in [1.54, 1.807) is 85.8 Å². The molecule has 0 fully saturated rings. The molecule has 0 aliphatic carbocycles. The van der Waals surface area contributed by atoms with Crippen molar-refractivity contribution in [1.29, 1.82) is 0 Å². The lowest BCUT2D eigenvalue weighted by Crippen LogP contribution is -2.30. The average molecular weight is 708 g/mol. The minimum absolute atomic E-state index is 0.0592. The number of thioether (sulfide) groups is 1. The van der Waals surface area contributed by atoms with Gasteiger partial charge < -0.3 is 16.0 Å². The summed E-state index contributed by atoms with van der Waals surface area (Å²) in [6, 6.07) is 27.8. The van der Waals surface area contributed by atoms with Crippen LogP contribution in [-0.4, -0.2) is 28.0 Å². The van der Waals surface area contributed by atoms with Gasteiger partial charge in [0.1, 0.15) is 5.70 Å². The summed E-state index contributed by atoms with van der Waals surface area (Å²) in [4.78, 5) is 44.7. The molecule has 0 aliphatic heterocycles. The van der Waals surface area contributed by atoms with Crippen LogP contribution in [0.3, 0.4) is 0 Å². The van der Waals surface area contributed by atoms with E-state index in [2.05, 4.69) is 20.9 Å². The van der Waals surface area contributed by atoms with Crippen molar-refractivity contribution in [3.05, 3.63) is 134 Å². The molecule has 0 bridgehead atoms. The highest BCUT2D eigenvalue weighted by Gasteiger charge is 2.19. The second kappa shape index (κ2) is 15.4. The third kappa shape index (κ3) is 8.78. The number of rotatable bonds is 10. The van der Waals surface area contributed by atoms with E-state index in [0.29, 0.717) is 37.0 Å². The van der Waals surface area contributed by atoms with Crippen molar-refractivity contribution in [3.63, 3.8) is 0 Å². The van der Waals surface area contributed by atoms with Crippen molar-refractivity contribution in [1.82, 2.24) is 10.3 Å². The number of hydrogen-bond donors (Lipinski definition) is 3. The van der Waals surface area contributed by atoms with Gasteiger partial charge in [0.25, 0.3) is 11.8 Å². The number of nitrogens with one attached hydrogen (secondary N) is 3. The summed E-state index contributed by atoms with van der Waals surface area (Å²) < 4.78 is 0. The van der Waals surface area contributed by atoms with E-state index < -0.39 is 17.1 Å². The number of nitrogens with zero attached hydrogens (tertiary/aromatic N) is 1. The zero-order valence-electron chi connectivity index (χ0n) is 24.1. The van der Waals surface area contributed by atoms with Gasteiger partial charge in [-0.15, -0.1) is 23.1 Å². The number of carbonyl (C=O) groups is 3. The molecular weight excluding hydrogens is 683 g/mol. The Morgan fingerprint density at radius 1 is 0.848 bits per heavy atom. The fourth-order valence-electron chi connectivity index (χ4n) is 4.13. The third-order valence-corrected chi connectivity index (χ3v) is 9.23. The molecule has 1 heterocycles. The Hall–Kier alpha value is -4.12. The molecule has 0 aliphatic rings. The van der Waals surface area contributed by atoms with Gasteiger partial charge in [0, 0.05) is 47.7 Å². The van der Waals surface area contributed by atoms with E-state index in [1.165, 1.54) is 29.2 Å². The van der Waals surface area contributed by atoms with Crippen LogP contribution >= 0.6 is 57.9 Å². The summed E-state index contributed by atoms with van der Waals surface area (Å²) in [6.45, 7) is 1.78. The van der Waals surface area contributed by atoms with Crippen molar-refractivity contribution < 1.29 is 14.4 Å². The van der Waals surface area contributed by atoms with Crippen molar-refractivity contribution in [2.45, 2.75) is 17.1 Å². The molecule has 1 atom stereocenters. The normalized spacial score (nSPS) is 11.9. The van der Waals surface area contributed by atoms with Gasteiger partial charge >= 0.3 is 0 Å². The number of benzene rings is 4. The molecule has 46 heavy (non-hydrogen) atoms. The van der Waals surface area contributed by atoms with E-state index in [-0.39, 0.29) is 11.6 Å². The SMILES string of the molecule is CC(Sc1cccc(NC(=O)/C(=C\c2c(Cl)cccc2Cl)NC(=O)c2ccccc2)c1)C(=O)Nc1nc(-c2ccc(Cl)cc2)cs1. The van der Waals surface area contributed by atoms with E-state index in [9.17, 15) is 14.4 Å². The topological polar surface area (TPSA) is 100 Å². The predicted octanol–water partition coefficient (Wildman–Crippen LogP) is 9.30. The zero-order chi connectivity index (χ0) is 32.6. The molecule has 232 valence electrons. The molecule has 0 radical (unpaired) electrons. The zero-order valence-corrected chi connectivity index (χ0v) is 28.0. The maximum atomic E-state index is 13.5. The Labute approximate surface area is 289 Å². The molecule has 1 unspecified atom stereocenters. The lowest BCUT2D eigenvalue weighted by molar-refractivity contribution is -0.115. The largest absolute Gasteiger partial charge is 0.321 e. The fourth-order valence-corrected chi connectivity index (χ4v) is 6.41. The molecule has 3 amide bonds. The number of carbonyl (C=O) groups excluding carboxylic acids is 3. The standard InChI is InChI=1S/C34H25Cl3N4O3S2/c1-20(31(42)41-34-40-30(19-45-34)21-13-15-23(35)16-14-21)46-25-10-5-9-24(17-25)38-33(44)29(18-26-27(36)11-6-12-28(26)37)39-32(43)22-7-3-2-4-8-22/h2-20H,1H3,(H,38,44)(H,39,43)(H,40,41,42)/b29-18+. The van der Waals surface area contributed by atoms with E-state index in [1.807, 2.05) is 23.6 Å². The van der Waals surface area contributed by atoms with E-state index >= 15 is 0 Å². The molecule has 0 spiro atoms. The van der Waals surface area contributed by atoms with Crippen molar-refractivity contribution in [3.8, 4) is 11.3 Å². The maximum absolute atomic E-state index is 13.5. The van der Waals surface area contributed by atoms with Crippen LogP contribution in [0.25, 0.3) is 17.3 Å². The first-order valence-corrected chi connectivity index (χ1v) is 16.7. The second-order valence-corrected chi connectivity index (χ2v) is 13.3. The minimum Gasteiger partial charge on any atom is -0.321 e. The van der Waals surface area contributed by atoms with Crippen LogP contribution in [0, 0.1) is 0 Å². The highest BCUT2D eigenvalue weighted by molar-refractivity contribution is 8.00. The van der Waals surface area contributed by atoms with Gasteiger partial charge in [-0.25, -0.2) is 4.98 Å². The van der Waals surface area contributed by atoms with Gasteiger partial charge in [0.05, 0.1) is 10.9 Å². The Bertz CT molecular complexity index is 1890. The Morgan fingerprint density at radius 2 is 1.54 bits per heavy atom. The summed E-state index contributed by atoms with van der Waals surface area (Å²) in [6.07, 6.45) is 1.43. The van der Waals surface area contributed by atoms with Crippen molar-refractivity contribution >= 4 is 92.5 Å². The highest BCUT2D eigenvalue weighted by Crippen LogP contribution is 2.30. The molecule has 5 aromatic rings. The molecular formula is C34H25Cl3N4O3S2. The van der Waals surface area contributed by atoms with E-state index in [4.69, 9.17) is 34.8 Å². The quantitative estimate of drug-likeness (QED) is 0.0993. The number of thiazole rings is 1. The van der Waals surface area contributed by atoms with Crippen LogP contribution in [0.2, 0.25) is 15.1 Å². The number of hydrogen-bond acceptors (Lipinski definition) is 6. The monoisotopic (exact) mass is 706 g/mol. The number of halogens is 3.